The fraction of sp³-hybridized carbons (Fsp3) is 0.364. The van der Waals surface area contributed by atoms with Crippen molar-refractivity contribution in [2.45, 2.75) is 50.4 Å². The number of aromatic nitrogens is 4. The Balaban J connectivity index is 1.14. The molecule has 2 aliphatic heterocycles. The Morgan fingerprint density at radius 2 is 1.31 bits per heavy atom. The SMILES string of the molecule is O=C(CC1=CC=CNN1)Nc1nnc([C@H]2CCC[C@H](c3nnc(NC(=O)CC4=CC=CNN4)s3)C2)s1. The molecule has 1 saturated carbocycles. The molecule has 2 aromatic rings. The number of carbonyl (C=O) groups excluding carboxylic acids is 2. The Kier molecular flexibility index (Phi) is 7.52. The van der Waals surface area contributed by atoms with Crippen LogP contribution in [0.4, 0.5) is 10.3 Å². The molecule has 0 saturated heterocycles. The van der Waals surface area contributed by atoms with Crippen LogP contribution in [-0.2, 0) is 9.59 Å². The molecule has 0 spiro atoms. The van der Waals surface area contributed by atoms with Gasteiger partial charge in [0.05, 0.1) is 12.8 Å². The Bertz CT molecular complexity index is 1140. The number of nitrogens with one attached hydrogen (secondary N) is 6. The van der Waals surface area contributed by atoms with Crippen molar-refractivity contribution >= 4 is 44.8 Å². The highest BCUT2D eigenvalue weighted by molar-refractivity contribution is 7.15. The quantitative estimate of drug-likeness (QED) is 0.302. The lowest BCUT2D eigenvalue weighted by Crippen LogP contribution is -2.30. The van der Waals surface area contributed by atoms with Crippen molar-refractivity contribution in [3.63, 3.8) is 0 Å². The predicted octanol–water partition coefficient (Wildman–Crippen LogP) is 2.50. The van der Waals surface area contributed by atoms with E-state index in [-0.39, 0.29) is 36.5 Å². The van der Waals surface area contributed by atoms with Gasteiger partial charge in [-0.3, -0.25) is 9.59 Å². The van der Waals surface area contributed by atoms with Crippen molar-refractivity contribution in [1.82, 2.24) is 42.1 Å². The molecule has 1 fully saturated rings. The first-order chi connectivity index (χ1) is 17.6. The molecule has 3 aliphatic rings. The van der Waals surface area contributed by atoms with E-state index in [0.29, 0.717) is 10.3 Å². The van der Waals surface area contributed by atoms with Gasteiger partial charge < -0.3 is 32.3 Å². The number of carbonyl (C=O) groups is 2. The molecule has 6 N–H and O–H groups in total. The Labute approximate surface area is 215 Å². The monoisotopic (exact) mass is 526 g/mol. The average Bonchev–Trinajstić information content (AvgIpc) is 3.55. The third-order valence-corrected chi connectivity index (χ3v) is 7.87. The zero-order valence-electron chi connectivity index (χ0n) is 19.3. The van der Waals surface area contributed by atoms with Crippen LogP contribution in [0.15, 0.2) is 48.1 Å². The largest absolute Gasteiger partial charge is 0.308 e. The van der Waals surface area contributed by atoms with E-state index in [0.717, 1.165) is 47.1 Å². The van der Waals surface area contributed by atoms with Gasteiger partial charge in [-0.2, -0.15) is 0 Å². The summed E-state index contributed by atoms with van der Waals surface area (Å²) in [4.78, 5) is 24.7. The lowest BCUT2D eigenvalue weighted by molar-refractivity contribution is -0.116. The minimum absolute atomic E-state index is 0.151. The highest BCUT2D eigenvalue weighted by atomic mass is 32.1. The molecule has 2 aromatic heterocycles. The average molecular weight is 527 g/mol. The molecule has 5 rings (SSSR count). The van der Waals surface area contributed by atoms with Crippen molar-refractivity contribution in [3.8, 4) is 0 Å². The summed E-state index contributed by atoms with van der Waals surface area (Å²) in [5.41, 5.74) is 13.1. The van der Waals surface area contributed by atoms with E-state index in [1.54, 1.807) is 12.4 Å². The summed E-state index contributed by atoms with van der Waals surface area (Å²) in [6.07, 6.45) is 15.2. The van der Waals surface area contributed by atoms with Crippen LogP contribution in [0.25, 0.3) is 0 Å². The number of hydrazine groups is 2. The van der Waals surface area contributed by atoms with E-state index < -0.39 is 0 Å². The summed E-state index contributed by atoms with van der Waals surface area (Å²) in [5.74, 6) is 0.190. The van der Waals surface area contributed by atoms with E-state index in [1.807, 2.05) is 24.3 Å². The first-order valence-electron chi connectivity index (χ1n) is 11.6. The maximum absolute atomic E-state index is 12.3. The normalized spacial score (nSPS) is 20.7. The second-order valence-corrected chi connectivity index (χ2v) is 10.6. The number of rotatable bonds is 8. The lowest BCUT2D eigenvalue weighted by atomic mass is 9.82. The molecule has 2 amide bonds. The standard InChI is InChI=1S/C22H26N10O2S2/c33-17(11-15-6-2-8-23-27-15)25-21-31-29-19(35-21)13-4-1-5-14(10-13)20-30-32-22(36-20)26-18(34)12-16-7-3-9-24-28-16/h2-3,6-9,13-14,23-24,27-28H,1,4-5,10-12H2,(H,25,31,33)(H,26,32,34)/t13-,14-/m0/s1. The third-order valence-electron chi connectivity index (χ3n) is 5.87. The molecular weight excluding hydrogens is 500 g/mol. The van der Waals surface area contributed by atoms with E-state index in [2.05, 4.69) is 52.7 Å². The molecule has 1 aliphatic carbocycles. The van der Waals surface area contributed by atoms with E-state index >= 15 is 0 Å². The molecular formula is C22H26N10O2S2. The fourth-order valence-electron chi connectivity index (χ4n) is 4.19. The number of allylic oxidation sites excluding steroid dienone is 4. The zero-order chi connectivity index (χ0) is 24.7. The van der Waals surface area contributed by atoms with Gasteiger partial charge in [-0.25, -0.2) is 0 Å². The smallest absolute Gasteiger partial charge is 0.232 e. The number of anilines is 2. The molecule has 0 aromatic carbocycles. The van der Waals surface area contributed by atoms with Gasteiger partial charge in [0.15, 0.2) is 0 Å². The van der Waals surface area contributed by atoms with Crippen molar-refractivity contribution in [2.75, 3.05) is 10.6 Å². The molecule has 0 bridgehead atoms. The summed E-state index contributed by atoms with van der Waals surface area (Å²) in [6, 6.07) is 0. The highest BCUT2D eigenvalue weighted by Crippen LogP contribution is 2.43. The van der Waals surface area contributed by atoms with Crippen LogP contribution in [0, 0.1) is 0 Å². The summed E-state index contributed by atoms with van der Waals surface area (Å²) in [5, 5.41) is 25.6. The van der Waals surface area contributed by atoms with Crippen molar-refractivity contribution in [3.05, 3.63) is 58.1 Å². The summed E-state index contributed by atoms with van der Waals surface area (Å²) >= 11 is 2.85. The molecule has 12 nitrogen and oxygen atoms in total. The lowest BCUT2D eigenvalue weighted by Gasteiger charge is -2.25. The topological polar surface area (TPSA) is 158 Å². The summed E-state index contributed by atoms with van der Waals surface area (Å²) in [7, 11) is 0. The van der Waals surface area contributed by atoms with Crippen molar-refractivity contribution in [2.24, 2.45) is 0 Å². The van der Waals surface area contributed by atoms with Gasteiger partial charge in [0, 0.05) is 35.6 Å². The van der Waals surface area contributed by atoms with Crippen LogP contribution in [0.2, 0.25) is 0 Å². The molecule has 2 atom stereocenters. The van der Waals surface area contributed by atoms with Crippen LogP contribution in [0.5, 0.6) is 0 Å². The maximum atomic E-state index is 12.3. The van der Waals surface area contributed by atoms with Gasteiger partial charge in [0.25, 0.3) is 0 Å². The molecule has 14 heteroatoms. The second-order valence-electron chi connectivity index (χ2n) is 8.54. The van der Waals surface area contributed by atoms with Gasteiger partial charge in [0.2, 0.25) is 22.1 Å². The van der Waals surface area contributed by atoms with Crippen LogP contribution in [-0.4, -0.2) is 32.2 Å². The first-order valence-corrected chi connectivity index (χ1v) is 13.3. The molecule has 0 radical (unpaired) electrons. The van der Waals surface area contributed by atoms with Gasteiger partial charge >= 0.3 is 0 Å². The predicted molar refractivity (Wildman–Crippen MR) is 137 cm³/mol. The zero-order valence-corrected chi connectivity index (χ0v) is 20.9. The van der Waals surface area contributed by atoms with E-state index in [1.165, 1.54) is 22.7 Å². The Morgan fingerprint density at radius 1 is 0.806 bits per heavy atom. The first kappa shape index (κ1) is 23.9. The van der Waals surface area contributed by atoms with Crippen molar-refractivity contribution < 1.29 is 9.59 Å². The van der Waals surface area contributed by atoms with Crippen LogP contribution < -0.4 is 32.3 Å². The van der Waals surface area contributed by atoms with Gasteiger partial charge in [0.1, 0.15) is 10.0 Å². The molecule has 188 valence electrons. The summed E-state index contributed by atoms with van der Waals surface area (Å²) < 4.78 is 0. The summed E-state index contributed by atoms with van der Waals surface area (Å²) in [6.45, 7) is 0. The number of amides is 2. The van der Waals surface area contributed by atoms with Gasteiger partial charge in [-0.15, -0.1) is 20.4 Å². The maximum Gasteiger partial charge on any atom is 0.232 e. The molecule has 0 unspecified atom stereocenters. The number of hydrogen-bond donors (Lipinski definition) is 6. The van der Waals surface area contributed by atoms with Gasteiger partial charge in [-0.1, -0.05) is 29.1 Å². The minimum atomic E-state index is -0.151. The second kappa shape index (κ2) is 11.3. The number of nitrogens with zero attached hydrogens (tertiary/aromatic N) is 4. The van der Waals surface area contributed by atoms with Crippen LogP contribution in [0.1, 0.15) is 60.4 Å². The molecule has 36 heavy (non-hydrogen) atoms. The Morgan fingerprint density at radius 3 is 1.75 bits per heavy atom. The third kappa shape index (κ3) is 6.26. The highest BCUT2D eigenvalue weighted by Gasteiger charge is 2.29. The van der Waals surface area contributed by atoms with E-state index in [9.17, 15) is 9.59 Å². The molecule has 4 heterocycles. The van der Waals surface area contributed by atoms with Gasteiger partial charge in [-0.05, 0) is 43.6 Å². The minimum Gasteiger partial charge on any atom is -0.308 e. The number of hydrogen-bond acceptors (Lipinski definition) is 12. The fourth-order valence-corrected chi connectivity index (χ4v) is 6.01. The van der Waals surface area contributed by atoms with Crippen molar-refractivity contribution in [1.29, 1.82) is 0 Å². The van der Waals surface area contributed by atoms with Crippen LogP contribution >= 0.6 is 22.7 Å². The van der Waals surface area contributed by atoms with Crippen LogP contribution in [0.3, 0.4) is 0 Å². The van der Waals surface area contributed by atoms with E-state index in [4.69, 9.17) is 0 Å². The Hall–Kier alpha value is -3.78.